The van der Waals surface area contributed by atoms with Gasteiger partial charge in [0.15, 0.2) is 5.96 Å². The molecule has 1 aliphatic heterocycles. The van der Waals surface area contributed by atoms with Gasteiger partial charge in [-0.05, 0) is 25.1 Å². The molecule has 0 unspecified atom stereocenters. The zero-order chi connectivity index (χ0) is 17.0. The lowest BCUT2D eigenvalue weighted by atomic mass is 10.3. The second kappa shape index (κ2) is 11.3. The van der Waals surface area contributed by atoms with Crippen LogP contribution >= 0.6 is 15.9 Å². The van der Waals surface area contributed by atoms with Gasteiger partial charge in [0.25, 0.3) is 0 Å². The molecule has 0 saturated carbocycles. The summed E-state index contributed by atoms with van der Waals surface area (Å²) in [7, 11) is 0. The highest BCUT2D eigenvalue weighted by Crippen LogP contribution is 2.17. The van der Waals surface area contributed by atoms with E-state index in [4.69, 9.17) is 9.47 Å². The van der Waals surface area contributed by atoms with E-state index in [1.54, 1.807) is 0 Å². The van der Waals surface area contributed by atoms with Gasteiger partial charge in [0.05, 0.1) is 26.3 Å². The second-order valence-electron chi connectivity index (χ2n) is 5.45. The molecule has 0 spiro atoms. The average Bonchev–Trinajstić information content (AvgIpc) is 2.60. The lowest BCUT2D eigenvalue weighted by molar-refractivity contribution is 0.0394. The van der Waals surface area contributed by atoms with Crippen LogP contribution in [0.15, 0.2) is 33.7 Å². The molecule has 0 amide bonds. The van der Waals surface area contributed by atoms with Gasteiger partial charge in [-0.2, -0.15) is 0 Å². The maximum Gasteiger partial charge on any atom is 0.191 e. The molecule has 7 heteroatoms. The summed E-state index contributed by atoms with van der Waals surface area (Å²) < 4.78 is 12.1. The third-order valence-corrected chi connectivity index (χ3v) is 4.09. The molecule has 2 N–H and O–H groups in total. The third kappa shape index (κ3) is 7.51. The molecule has 0 radical (unpaired) electrons. The van der Waals surface area contributed by atoms with Gasteiger partial charge in [-0.15, -0.1) is 0 Å². The molecule has 134 valence electrons. The summed E-state index contributed by atoms with van der Waals surface area (Å²) in [5.74, 6) is 1.70. The summed E-state index contributed by atoms with van der Waals surface area (Å²) >= 11 is 3.44. The van der Waals surface area contributed by atoms with Gasteiger partial charge in [-0.3, -0.25) is 9.89 Å². The molecule has 1 aromatic carbocycles. The van der Waals surface area contributed by atoms with Crippen LogP contribution in [0.5, 0.6) is 5.75 Å². The van der Waals surface area contributed by atoms with E-state index in [1.807, 2.05) is 24.3 Å². The first kappa shape index (κ1) is 19.0. The number of ether oxygens (including phenoxy) is 2. The normalized spacial score (nSPS) is 16.0. The largest absolute Gasteiger partial charge is 0.492 e. The predicted molar refractivity (Wildman–Crippen MR) is 101 cm³/mol. The van der Waals surface area contributed by atoms with Crippen LogP contribution in [0, 0.1) is 0 Å². The average molecular weight is 399 g/mol. The van der Waals surface area contributed by atoms with E-state index in [2.05, 4.69) is 43.4 Å². The minimum absolute atomic E-state index is 0.588. The van der Waals surface area contributed by atoms with Gasteiger partial charge >= 0.3 is 0 Å². The summed E-state index contributed by atoms with van der Waals surface area (Å²) in [6.45, 7) is 9.60. The van der Waals surface area contributed by atoms with Crippen molar-refractivity contribution in [2.45, 2.75) is 6.92 Å². The molecular weight excluding hydrogens is 372 g/mol. The fourth-order valence-corrected chi connectivity index (χ4v) is 2.74. The number of halogens is 1. The van der Waals surface area contributed by atoms with Crippen molar-refractivity contribution in [3.05, 3.63) is 28.7 Å². The highest BCUT2D eigenvalue weighted by atomic mass is 79.9. The Balaban J connectivity index is 1.66. The predicted octanol–water partition coefficient (Wildman–Crippen LogP) is 1.72. The maximum absolute atomic E-state index is 5.72. The Morgan fingerprint density at radius 3 is 2.92 bits per heavy atom. The summed E-state index contributed by atoms with van der Waals surface area (Å²) in [5.41, 5.74) is 0. The molecule has 0 atom stereocenters. The van der Waals surface area contributed by atoms with Crippen molar-refractivity contribution < 1.29 is 9.47 Å². The molecule has 2 rings (SSSR count). The monoisotopic (exact) mass is 398 g/mol. The van der Waals surface area contributed by atoms with E-state index >= 15 is 0 Å². The quantitative estimate of drug-likeness (QED) is 0.396. The molecule has 1 heterocycles. The molecule has 1 fully saturated rings. The van der Waals surface area contributed by atoms with Crippen LogP contribution in [0.2, 0.25) is 0 Å². The van der Waals surface area contributed by atoms with Crippen molar-refractivity contribution >= 4 is 21.9 Å². The summed E-state index contributed by atoms with van der Waals surface area (Å²) in [6.07, 6.45) is 0. The number of hydrogen-bond donors (Lipinski definition) is 2. The minimum Gasteiger partial charge on any atom is -0.492 e. The standard InChI is InChI=1S/C17H27BrN4O2/c1-2-19-17(20-6-8-22-9-12-23-13-10-22)21-7-11-24-16-5-3-4-15(18)14-16/h3-5,14H,2,6-13H2,1H3,(H2,19,20,21). The number of benzene rings is 1. The van der Waals surface area contributed by atoms with Crippen LogP contribution in [-0.2, 0) is 4.74 Å². The smallest absolute Gasteiger partial charge is 0.191 e. The van der Waals surface area contributed by atoms with Gasteiger partial charge in [0, 0.05) is 30.7 Å². The minimum atomic E-state index is 0.588. The Morgan fingerprint density at radius 1 is 1.33 bits per heavy atom. The number of hydrogen-bond acceptors (Lipinski definition) is 4. The number of rotatable bonds is 8. The van der Waals surface area contributed by atoms with Crippen LogP contribution in [0.1, 0.15) is 6.92 Å². The first-order chi connectivity index (χ1) is 11.8. The van der Waals surface area contributed by atoms with E-state index < -0.39 is 0 Å². The van der Waals surface area contributed by atoms with Gasteiger partial charge in [0.2, 0.25) is 0 Å². The fraction of sp³-hybridized carbons (Fsp3) is 0.588. The van der Waals surface area contributed by atoms with E-state index in [-0.39, 0.29) is 0 Å². The van der Waals surface area contributed by atoms with E-state index in [0.29, 0.717) is 13.2 Å². The van der Waals surface area contributed by atoms with Crippen molar-refractivity contribution in [2.75, 3.05) is 59.1 Å². The van der Waals surface area contributed by atoms with Gasteiger partial charge in [-0.1, -0.05) is 22.0 Å². The van der Waals surface area contributed by atoms with Crippen molar-refractivity contribution in [1.82, 2.24) is 15.5 Å². The van der Waals surface area contributed by atoms with E-state index in [0.717, 1.165) is 62.1 Å². The Labute approximate surface area is 152 Å². The maximum atomic E-state index is 5.72. The van der Waals surface area contributed by atoms with Crippen molar-refractivity contribution in [2.24, 2.45) is 4.99 Å². The molecule has 1 aliphatic rings. The zero-order valence-electron chi connectivity index (χ0n) is 14.3. The summed E-state index contributed by atoms with van der Waals surface area (Å²) in [6, 6.07) is 7.85. The van der Waals surface area contributed by atoms with Crippen LogP contribution < -0.4 is 15.4 Å². The lowest BCUT2D eigenvalue weighted by Gasteiger charge is -2.25. The highest BCUT2D eigenvalue weighted by molar-refractivity contribution is 9.10. The summed E-state index contributed by atoms with van der Waals surface area (Å²) in [4.78, 5) is 7.00. The first-order valence-electron chi connectivity index (χ1n) is 8.48. The van der Waals surface area contributed by atoms with Crippen LogP contribution in [0.4, 0.5) is 0 Å². The molecule has 0 aromatic heterocycles. The SMILES string of the molecule is CCNC(=NCCN1CCOCC1)NCCOc1cccc(Br)c1. The molecule has 1 aromatic rings. The Hall–Kier alpha value is -1.31. The topological polar surface area (TPSA) is 58.1 Å². The van der Waals surface area contributed by atoms with Crippen molar-refractivity contribution in [3.8, 4) is 5.75 Å². The van der Waals surface area contributed by atoms with Crippen LogP contribution in [0.25, 0.3) is 0 Å². The number of nitrogens with zero attached hydrogens (tertiary/aromatic N) is 2. The van der Waals surface area contributed by atoms with Gasteiger partial charge in [-0.25, -0.2) is 0 Å². The third-order valence-electron chi connectivity index (χ3n) is 3.59. The number of aliphatic imine (C=N–C) groups is 1. The van der Waals surface area contributed by atoms with Crippen molar-refractivity contribution in [3.63, 3.8) is 0 Å². The molecule has 0 bridgehead atoms. The molecule has 0 aliphatic carbocycles. The Kier molecular flexibility index (Phi) is 8.94. The highest BCUT2D eigenvalue weighted by Gasteiger charge is 2.09. The summed E-state index contributed by atoms with van der Waals surface area (Å²) in [5, 5.41) is 6.56. The zero-order valence-corrected chi connectivity index (χ0v) is 15.8. The van der Waals surface area contributed by atoms with E-state index in [9.17, 15) is 0 Å². The lowest BCUT2D eigenvalue weighted by Crippen LogP contribution is -2.41. The number of guanidine groups is 1. The number of nitrogens with one attached hydrogen (secondary N) is 2. The molecule has 24 heavy (non-hydrogen) atoms. The fourth-order valence-electron chi connectivity index (χ4n) is 2.36. The molecule has 1 saturated heterocycles. The molecule has 6 nitrogen and oxygen atoms in total. The number of morpholine rings is 1. The first-order valence-corrected chi connectivity index (χ1v) is 9.28. The van der Waals surface area contributed by atoms with E-state index in [1.165, 1.54) is 0 Å². The Morgan fingerprint density at radius 2 is 2.17 bits per heavy atom. The van der Waals surface area contributed by atoms with Gasteiger partial charge in [0.1, 0.15) is 12.4 Å². The molecular formula is C17H27BrN4O2. The van der Waals surface area contributed by atoms with Crippen LogP contribution in [-0.4, -0.2) is 69.9 Å². The van der Waals surface area contributed by atoms with Gasteiger partial charge < -0.3 is 20.1 Å². The second-order valence-corrected chi connectivity index (χ2v) is 6.36. The van der Waals surface area contributed by atoms with Crippen molar-refractivity contribution in [1.29, 1.82) is 0 Å². The van der Waals surface area contributed by atoms with Crippen LogP contribution in [0.3, 0.4) is 0 Å². The Bertz CT molecular complexity index is 507.